The molecule has 0 bridgehead atoms. The quantitative estimate of drug-likeness (QED) is 0.134. The van der Waals surface area contributed by atoms with Gasteiger partial charge in [0.05, 0.1) is 28.7 Å². The lowest BCUT2D eigenvalue weighted by atomic mass is 10.1. The third-order valence-corrected chi connectivity index (χ3v) is 8.58. The molecule has 0 amide bonds. The maximum atomic E-state index is 15.6. The molecule has 5 rings (SSSR count). The molecule has 0 spiro atoms. The number of phenolic OH excluding ortho intramolecular Hbond substituents is 1. The predicted molar refractivity (Wildman–Crippen MR) is 157 cm³/mol. The van der Waals surface area contributed by atoms with Crippen LogP contribution in [0.15, 0.2) is 81.6 Å². The number of nitrogens with zero attached hydrogens (tertiary/aromatic N) is 3. The summed E-state index contributed by atoms with van der Waals surface area (Å²) in [5.74, 6) is -6.35. The largest absolute Gasteiger partial charge is 0.504 e. The molecule has 1 unspecified atom stereocenters. The average Bonchev–Trinajstić information content (AvgIpc) is 3.46. The van der Waals surface area contributed by atoms with Gasteiger partial charge in [-0.25, -0.2) is 22.6 Å². The molecule has 4 aromatic rings. The standard InChI is InChI=1S/C30H25F2N5O7S/c1-37-12-11-35-28(37)19-14-17(45(40,41)24-6-4-3-5-18(24)30(39)42-2)8-10-22(19)43-26-20(31)15-36-29(25(26)32)44-23-13-16(27(33)34)7-9-21(23)38/h3-11,13-15,28,38H,12H2,1-2H3,(H3,33,34). The molecule has 12 nitrogen and oxygen atoms in total. The Hall–Kier alpha value is -5.41. The third kappa shape index (κ3) is 6.03. The number of nitrogens with one attached hydrogen (secondary N) is 1. The van der Waals surface area contributed by atoms with E-state index in [4.69, 9.17) is 25.4 Å². The van der Waals surface area contributed by atoms with E-state index < -0.39 is 51.0 Å². The molecular formula is C30H25F2N5O7S. The van der Waals surface area contributed by atoms with E-state index in [-0.39, 0.29) is 43.8 Å². The van der Waals surface area contributed by atoms with Crippen molar-refractivity contribution in [3.05, 3.63) is 95.2 Å². The van der Waals surface area contributed by atoms with Crippen LogP contribution in [0.25, 0.3) is 0 Å². The van der Waals surface area contributed by atoms with Crippen LogP contribution in [0.1, 0.15) is 27.7 Å². The summed E-state index contributed by atoms with van der Waals surface area (Å²) >= 11 is 0. The van der Waals surface area contributed by atoms with Gasteiger partial charge in [0.25, 0.3) is 5.88 Å². The van der Waals surface area contributed by atoms with E-state index in [1.54, 1.807) is 18.2 Å². The molecule has 4 N–H and O–H groups in total. The number of ether oxygens (including phenoxy) is 3. The minimum Gasteiger partial charge on any atom is -0.504 e. The van der Waals surface area contributed by atoms with E-state index in [1.807, 2.05) is 0 Å². The van der Waals surface area contributed by atoms with Crippen molar-refractivity contribution in [1.82, 2.24) is 9.88 Å². The van der Waals surface area contributed by atoms with Gasteiger partial charge in [0.1, 0.15) is 17.8 Å². The van der Waals surface area contributed by atoms with Crippen molar-refractivity contribution in [3.8, 4) is 28.9 Å². The zero-order valence-electron chi connectivity index (χ0n) is 23.7. The molecule has 1 aliphatic rings. The second-order valence-corrected chi connectivity index (χ2v) is 11.6. The summed E-state index contributed by atoms with van der Waals surface area (Å²) in [6, 6.07) is 12.9. The van der Waals surface area contributed by atoms with Gasteiger partial charge in [-0.3, -0.25) is 15.3 Å². The third-order valence-electron chi connectivity index (χ3n) is 6.77. The Bertz CT molecular complexity index is 1970. The van der Waals surface area contributed by atoms with Crippen molar-refractivity contribution in [1.29, 1.82) is 5.41 Å². The maximum Gasteiger partial charge on any atom is 0.339 e. The number of aromatic hydroxyl groups is 1. The van der Waals surface area contributed by atoms with Gasteiger partial charge in [-0.05, 0) is 55.6 Å². The predicted octanol–water partition coefficient (Wildman–Crippen LogP) is 4.57. The second-order valence-electron chi connectivity index (χ2n) is 9.69. The number of nitrogen functional groups attached to an aromatic ring is 1. The Morgan fingerprint density at radius 2 is 1.84 bits per heavy atom. The summed E-state index contributed by atoms with van der Waals surface area (Å²) in [6.45, 7) is 0.394. The number of amidine groups is 1. The monoisotopic (exact) mass is 637 g/mol. The van der Waals surface area contributed by atoms with Crippen LogP contribution in [0.3, 0.4) is 0 Å². The highest BCUT2D eigenvalue weighted by Gasteiger charge is 2.30. The van der Waals surface area contributed by atoms with Gasteiger partial charge in [-0.2, -0.15) is 4.39 Å². The number of nitrogens with two attached hydrogens (primary N) is 1. The molecule has 0 radical (unpaired) electrons. The SMILES string of the molecule is COC(=O)c1ccccc1S(=O)(=O)c1ccc(Oc2c(F)cnc(Oc3cc(C(=N)N)ccc3O)c2F)c(C2N=CCN2C)c1. The van der Waals surface area contributed by atoms with Crippen molar-refractivity contribution in [2.24, 2.45) is 10.7 Å². The van der Waals surface area contributed by atoms with Crippen molar-refractivity contribution in [2.75, 3.05) is 20.7 Å². The van der Waals surface area contributed by atoms with Crippen LogP contribution < -0.4 is 15.2 Å². The second kappa shape index (κ2) is 12.3. The fourth-order valence-corrected chi connectivity index (χ4v) is 5.96. The van der Waals surface area contributed by atoms with Crippen LogP contribution in [-0.4, -0.2) is 62.1 Å². The van der Waals surface area contributed by atoms with E-state index in [0.29, 0.717) is 12.7 Å². The van der Waals surface area contributed by atoms with Crippen molar-refractivity contribution in [2.45, 2.75) is 16.0 Å². The number of benzene rings is 3. The molecular weight excluding hydrogens is 612 g/mol. The van der Waals surface area contributed by atoms with Crippen LogP contribution in [0.4, 0.5) is 8.78 Å². The lowest BCUT2D eigenvalue weighted by Gasteiger charge is -2.22. The number of hydrogen-bond donors (Lipinski definition) is 3. The Kier molecular flexibility index (Phi) is 8.48. The fraction of sp³-hybridized carbons (Fsp3) is 0.133. The molecule has 1 aliphatic heterocycles. The van der Waals surface area contributed by atoms with E-state index in [0.717, 1.165) is 7.11 Å². The molecule has 1 atom stereocenters. The first-order valence-electron chi connectivity index (χ1n) is 13.1. The molecule has 15 heteroatoms. The highest BCUT2D eigenvalue weighted by Crippen LogP contribution is 2.41. The number of methoxy groups -OCH3 is 1. The van der Waals surface area contributed by atoms with Crippen LogP contribution in [0.5, 0.6) is 28.9 Å². The first-order chi connectivity index (χ1) is 21.4. The Morgan fingerprint density at radius 1 is 1.09 bits per heavy atom. The molecule has 3 aromatic carbocycles. The minimum atomic E-state index is -4.31. The molecule has 2 heterocycles. The number of carbonyl (C=O) groups is 1. The van der Waals surface area contributed by atoms with Crippen molar-refractivity contribution in [3.63, 3.8) is 0 Å². The van der Waals surface area contributed by atoms with Gasteiger partial charge in [-0.1, -0.05) is 12.1 Å². The number of aromatic nitrogens is 1. The fourth-order valence-electron chi connectivity index (χ4n) is 4.48. The maximum absolute atomic E-state index is 15.6. The summed E-state index contributed by atoms with van der Waals surface area (Å²) in [7, 11) is -1.47. The lowest BCUT2D eigenvalue weighted by Crippen LogP contribution is -2.20. The van der Waals surface area contributed by atoms with E-state index in [2.05, 4.69) is 9.98 Å². The number of esters is 1. The van der Waals surface area contributed by atoms with E-state index in [9.17, 15) is 22.7 Å². The molecule has 45 heavy (non-hydrogen) atoms. The number of pyridine rings is 1. The molecule has 0 fully saturated rings. The topological polar surface area (TPSA) is 177 Å². The normalized spacial score (nSPS) is 14.7. The van der Waals surface area contributed by atoms with Gasteiger partial charge < -0.3 is 25.1 Å². The lowest BCUT2D eigenvalue weighted by molar-refractivity contribution is 0.0596. The Balaban J connectivity index is 1.57. The summed E-state index contributed by atoms with van der Waals surface area (Å²) in [5.41, 5.74) is 5.61. The zero-order valence-corrected chi connectivity index (χ0v) is 24.5. The zero-order chi connectivity index (χ0) is 32.5. The Morgan fingerprint density at radius 3 is 2.53 bits per heavy atom. The number of aliphatic imine (C=N–C) groups is 1. The van der Waals surface area contributed by atoms with Crippen LogP contribution in [-0.2, 0) is 14.6 Å². The highest BCUT2D eigenvalue weighted by molar-refractivity contribution is 7.91. The first-order valence-corrected chi connectivity index (χ1v) is 14.6. The summed E-state index contributed by atoms with van der Waals surface area (Å²) in [5, 5.41) is 17.7. The van der Waals surface area contributed by atoms with Gasteiger partial charge >= 0.3 is 5.97 Å². The number of sulfone groups is 1. The molecule has 0 aliphatic carbocycles. The van der Waals surface area contributed by atoms with Crippen molar-refractivity contribution < 1.29 is 41.3 Å². The number of phenols is 1. The van der Waals surface area contributed by atoms with Crippen LogP contribution in [0.2, 0.25) is 0 Å². The molecule has 0 saturated carbocycles. The Labute approximate surface area is 255 Å². The van der Waals surface area contributed by atoms with Gasteiger partial charge in [-0.15, -0.1) is 0 Å². The van der Waals surface area contributed by atoms with E-state index in [1.165, 1.54) is 60.7 Å². The number of rotatable bonds is 9. The average molecular weight is 638 g/mol. The van der Waals surface area contributed by atoms with E-state index >= 15 is 4.39 Å². The smallest absolute Gasteiger partial charge is 0.339 e. The number of halogens is 2. The number of carbonyl (C=O) groups excluding carboxylic acids is 1. The van der Waals surface area contributed by atoms with Crippen molar-refractivity contribution >= 4 is 27.9 Å². The van der Waals surface area contributed by atoms with Gasteiger partial charge in [0.15, 0.2) is 17.3 Å². The van der Waals surface area contributed by atoms with Gasteiger partial charge in [0, 0.05) is 23.9 Å². The molecule has 232 valence electrons. The summed E-state index contributed by atoms with van der Waals surface area (Å²) in [6.07, 6.45) is 1.44. The highest BCUT2D eigenvalue weighted by atomic mass is 32.2. The minimum absolute atomic E-state index is 0.137. The summed E-state index contributed by atoms with van der Waals surface area (Å²) < 4.78 is 73.9. The summed E-state index contributed by atoms with van der Waals surface area (Å²) in [4.78, 5) is 21.5. The first kappa shape index (κ1) is 31.0. The van der Waals surface area contributed by atoms with Gasteiger partial charge in [0.2, 0.25) is 21.4 Å². The number of hydrogen-bond acceptors (Lipinski definition) is 11. The van der Waals surface area contributed by atoms with Crippen LogP contribution >= 0.6 is 0 Å². The van der Waals surface area contributed by atoms with Crippen LogP contribution in [0, 0.1) is 17.0 Å². The molecule has 0 saturated heterocycles. The molecule has 1 aromatic heterocycles.